The standard InChI is InChI=1S/C18H18N4O/c1-11-8-17(16(10-19)12(2)20-11)21-14-4-3-5-15(9-14)22-18(23)13-6-7-13/h3-5,8-9,13H,6-7H2,1-2H3,(H,20,21)(H,22,23). The van der Waals surface area contributed by atoms with E-state index in [-0.39, 0.29) is 11.8 Å². The number of aryl methyl sites for hydroxylation is 2. The van der Waals surface area contributed by atoms with Crippen molar-refractivity contribution in [3.05, 3.63) is 47.3 Å². The normalized spacial score (nSPS) is 13.3. The van der Waals surface area contributed by atoms with Crippen LogP contribution in [0.3, 0.4) is 0 Å². The highest BCUT2D eigenvalue weighted by Gasteiger charge is 2.29. The maximum atomic E-state index is 11.9. The Bertz CT molecular complexity index is 803. The average Bonchev–Trinajstić information content (AvgIpc) is 3.32. The fourth-order valence-corrected chi connectivity index (χ4v) is 2.49. The molecule has 1 aliphatic rings. The smallest absolute Gasteiger partial charge is 0.227 e. The number of anilines is 3. The van der Waals surface area contributed by atoms with Gasteiger partial charge >= 0.3 is 0 Å². The molecule has 1 aromatic carbocycles. The third-order valence-corrected chi connectivity index (χ3v) is 3.80. The number of carbonyl (C=O) groups is 1. The fourth-order valence-electron chi connectivity index (χ4n) is 2.49. The molecular weight excluding hydrogens is 288 g/mol. The molecular formula is C18H18N4O. The van der Waals surface area contributed by atoms with Gasteiger partial charge in [-0.3, -0.25) is 9.78 Å². The minimum absolute atomic E-state index is 0.0791. The molecule has 116 valence electrons. The van der Waals surface area contributed by atoms with Gasteiger partial charge in [0.15, 0.2) is 0 Å². The Hall–Kier alpha value is -2.87. The van der Waals surface area contributed by atoms with Crippen molar-refractivity contribution in [1.82, 2.24) is 4.98 Å². The predicted octanol–water partition coefficient (Wildman–Crippen LogP) is 3.66. The van der Waals surface area contributed by atoms with Crippen LogP contribution in [-0.2, 0) is 4.79 Å². The molecule has 5 heteroatoms. The molecule has 1 aromatic heterocycles. The highest BCUT2D eigenvalue weighted by atomic mass is 16.2. The van der Waals surface area contributed by atoms with E-state index in [9.17, 15) is 10.1 Å². The second kappa shape index (κ2) is 6.09. The van der Waals surface area contributed by atoms with Gasteiger partial charge in [-0.25, -0.2) is 0 Å². The van der Waals surface area contributed by atoms with Gasteiger partial charge in [-0.15, -0.1) is 0 Å². The zero-order valence-corrected chi connectivity index (χ0v) is 13.2. The second-order valence-electron chi connectivity index (χ2n) is 5.85. The number of pyridine rings is 1. The first-order chi connectivity index (χ1) is 11.1. The third kappa shape index (κ3) is 3.49. The van der Waals surface area contributed by atoms with Crippen LogP contribution in [0.15, 0.2) is 30.3 Å². The summed E-state index contributed by atoms with van der Waals surface area (Å²) in [4.78, 5) is 16.2. The molecule has 0 aliphatic heterocycles. The van der Waals surface area contributed by atoms with Crippen molar-refractivity contribution in [2.75, 3.05) is 10.6 Å². The average molecular weight is 306 g/mol. The predicted molar refractivity (Wildman–Crippen MR) is 89.5 cm³/mol. The summed E-state index contributed by atoms with van der Waals surface area (Å²) in [7, 11) is 0. The van der Waals surface area contributed by atoms with Crippen molar-refractivity contribution < 1.29 is 4.79 Å². The minimum Gasteiger partial charge on any atom is -0.354 e. The van der Waals surface area contributed by atoms with E-state index in [1.807, 2.05) is 44.2 Å². The van der Waals surface area contributed by atoms with E-state index in [4.69, 9.17) is 0 Å². The van der Waals surface area contributed by atoms with Crippen molar-refractivity contribution in [3.63, 3.8) is 0 Å². The molecule has 3 rings (SSSR count). The molecule has 2 N–H and O–H groups in total. The topological polar surface area (TPSA) is 77.8 Å². The SMILES string of the molecule is Cc1cc(Nc2cccc(NC(=O)C3CC3)c2)c(C#N)c(C)n1. The fraction of sp³-hybridized carbons (Fsp3) is 0.278. The molecule has 1 aliphatic carbocycles. The number of hydrogen-bond acceptors (Lipinski definition) is 4. The van der Waals surface area contributed by atoms with Gasteiger partial charge in [0.05, 0.1) is 16.9 Å². The Morgan fingerprint density at radius 1 is 1.26 bits per heavy atom. The van der Waals surface area contributed by atoms with Crippen LogP contribution in [0.1, 0.15) is 29.8 Å². The first kappa shape index (κ1) is 15.0. The summed E-state index contributed by atoms with van der Waals surface area (Å²) in [6.07, 6.45) is 1.95. The van der Waals surface area contributed by atoms with Crippen LogP contribution in [0.4, 0.5) is 17.1 Å². The van der Waals surface area contributed by atoms with E-state index in [0.717, 1.165) is 35.6 Å². The molecule has 0 unspecified atom stereocenters. The van der Waals surface area contributed by atoms with Crippen LogP contribution in [0.25, 0.3) is 0 Å². The zero-order valence-electron chi connectivity index (χ0n) is 13.2. The Labute approximate surface area is 135 Å². The lowest BCUT2D eigenvalue weighted by molar-refractivity contribution is -0.117. The van der Waals surface area contributed by atoms with Crippen molar-refractivity contribution in [2.24, 2.45) is 5.92 Å². The quantitative estimate of drug-likeness (QED) is 0.903. The summed E-state index contributed by atoms with van der Waals surface area (Å²) in [5, 5.41) is 15.5. The van der Waals surface area contributed by atoms with Gasteiger partial charge in [0.25, 0.3) is 0 Å². The number of aromatic nitrogens is 1. The van der Waals surface area contributed by atoms with Crippen LogP contribution in [0.2, 0.25) is 0 Å². The number of nitriles is 1. The Balaban J connectivity index is 1.83. The summed E-state index contributed by atoms with van der Waals surface area (Å²) in [6, 6.07) is 11.5. The lowest BCUT2D eigenvalue weighted by Crippen LogP contribution is -2.13. The maximum Gasteiger partial charge on any atom is 0.227 e. The van der Waals surface area contributed by atoms with E-state index >= 15 is 0 Å². The molecule has 1 fully saturated rings. The summed E-state index contributed by atoms with van der Waals surface area (Å²) < 4.78 is 0. The van der Waals surface area contributed by atoms with E-state index < -0.39 is 0 Å². The zero-order chi connectivity index (χ0) is 16.4. The molecule has 5 nitrogen and oxygen atoms in total. The largest absolute Gasteiger partial charge is 0.354 e. The molecule has 1 amide bonds. The van der Waals surface area contributed by atoms with Crippen LogP contribution < -0.4 is 10.6 Å². The van der Waals surface area contributed by atoms with Crippen LogP contribution in [0.5, 0.6) is 0 Å². The number of hydrogen-bond donors (Lipinski definition) is 2. The first-order valence-electron chi connectivity index (χ1n) is 7.63. The number of nitrogens with one attached hydrogen (secondary N) is 2. The second-order valence-corrected chi connectivity index (χ2v) is 5.85. The number of rotatable bonds is 4. The van der Waals surface area contributed by atoms with Gasteiger partial charge in [0.1, 0.15) is 6.07 Å². The molecule has 1 saturated carbocycles. The Morgan fingerprint density at radius 2 is 2.00 bits per heavy atom. The molecule has 0 bridgehead atoms. The molecule has 0 spiro atoms. The van der Waals surface area contributed by atoms with Gasteiger partial charge in [0, 0.05) is 23.0 Å². The molecule has 0 radical (unpaired) electrons. The van der Waals surface area contributed by atoms with Gasteiger partial charge in [-0.05, 0) is 51.0 Å². The number of amides is 1. The molecule has 0 saturated heterocycles. The van der Waals surface area contributed by atoms with Crippen LogP contribution in [0, 0.1) is 31.1 Å². The summed E-state index contributed by atoms with van der Waals surface area (Å²) in [5.74, 6) is 0.248. The van der Waals surface area contributed by atoms with Crippen molar-refractivity contribution in [3.8, 4) is 6.07 Å². The Morgan fingerprint density at radius 3 is 2.70 bits per heavy atom. The first-order valence-corrected chi connectivity index (χ1v) is 7.63. The monoisotopic (exact) mass is 306 g/mol. The molecule has 23 heavy (non-hydrogen) atoms. The van der Waals surface area contributed by atoms with Gasteiger partial charge in [-0.1, -0.05) is 6.07 Å². The minimum atomic E-state index is 0.0791. The van der Waals surface area contributed by atoms with Crippen LogP contribution >= 0.6 is 0 Å². The van der Waals surface area contributed by atoms with Crippen molar-refractivity contribution >= 4 is 23.0 Å². The van der Waals surface area contributed by atoms with Crippen LogP contribution in [-0.4, -0.2) is 10.9 Å². The van der Waals surface area contributed by atoms with Gasteiger partial charge in [-0.2, -0.15) is 5.26 Å². The van der Waals surface area contributed by atoms with Gasteiger partial charge < -0.3 is 10.6 Å². The Kier molecular flexibility index (Phi) is 3.98. The van der Waals surface area contributed by atoms with E-state index in [2.05, 4.69) is 21.7 Å². The van der Waals surface area contributed by atoms with Gasteiger partial charge in [0.2, 0.25) is 5.91 Å². The molecule has 2 aromatic rings. The maximum absolute atomic E-state index is 11.9. The van der Waals surface area contributed by atoms with E-state index in [0.29, 0.717) is 11.3 Å². The number of carbonyl (C=O) groups excluding carboxylic acids is 1. The molecule has 1 heterocycles. The van der Waals surface area contributed by atoms with Crippen molar-refractivity contribution in [1.29, 1.82) is 5.26 Å². The summed E-state index contributed by atoms with van der Waals surface area (Å²) in [6.45, 7) is 3.72. The number of nitrogens with zero attached hydrogens (tertiary/aromatic N) is 2. The highest BCUT2D eigenvalue weighted by molar-refractivity contribution is 5.94. The highest BCUT2D eigenvalue weighted by Crippen LogP contribution is 2.31. The third-order valence-electron chi connectivity index (χ3n) is 3.80. The summed E-state index contributed by atoms with van der Waals surface area (Å²) >= 11 is 0. The number of benzene rings is 1. The lowest BCUT2D eigenvalue weighted by atomic mass is 10.1. The van der Waals surface area contributed by atoms with Crippen molar-refractivity contribution in [2.45, 2.75) is 26.7 Å². The molecule has 0 atom stereocenters. The van der Waals surface area contributed by atoms with E-state index in [1.54, 1.807) is 0 Å². The lowest BCUT2D eigenvalue weighted by Gasteiger charge is -2.12. The van der Waals surface area contributed by atoms with E-state index in [1.165, 1.54) is 0 Å². The summed E-state index contributed by atoms with van der Waals surface area (Å²) in [5.41, 5.74) is 4.38.